The number of halogens is 1. The number of ether oxygens (including phenoxy) is 1. The molecule has 0 aromatic heterocycles. The molecule has 1 saturated carbocycles. The summed E-state index contributed by atoms with van der Waals surface area (Å²) in [6, 6.07) is 0. The van der Waals surface area contributed by atoms with E-state index in [1.165, 1.54) is 0 Å². The molecule has 0 bridgehead atoms. The minimum Gasteiger partial charge on any atom is -0.448 e. The first-order valence-corrected chi connectivity index (χ1v) is 6.68. The second kappa shape index (κ2) is 5.28. The van der Waals surface area contributed by atoms with E-state index < -0.39 is 0 Å². The van der Waals surface area contributed by atoms with Gasteiger partial charge in [0.25, 0.3) is 0 Å². The zero-order valence-electron chi connectivity index (χ0n) is 10.0. The molecular weight excluding hydrogens is 284 g/mol. The molecule has 4 nitrogen and oxygen atoms in total. The molecular formula is C12H17BrN2O2. The van der Waals surface area contributed by atoms with E-state index in [9.17, 15) is 4.79 Å². The Balaban J connectivity index is 1.75. The smallest absolute Gasteiger partial charge is 0.409 e. The van der Waals surface area contributed by atoms with Gasteiger partial charge in [0, 0.05) is 42.1 Å². The molecule has 0 N–H and O–H groups in total. The maximum absolute atomic E-state index is 11.8. The maximum atomic E-state index is 11.8. The molecule has 2 aliphatic rings. The van der Waals surface area contributed by atoms with Crippen molar-refractivity contribution >= 4 is 22.0 Å². The van der Waals surface area contributed by atoms with Crippen LogP contribution in [0.3, 0.4) is 0 Å². The van der Waals surface area contributed by atoms with Crippen molar-refractivity contribution in [2.24, 2.45) is 5.41 Å². The number of hydrogen-bond acceptors (Lipinski definition) is 3. The molecule has 1 amide bonds. The SMILES string of the molecule is CN1CCN(C(=O)OCC2(C#CBr)CC2)CC1. The van der Waals surface area contributed by atoms with Gasteiger partial charge in [-0.25, -0.2) is 4.79 Å². The Labute approximate surface area is 110 Å². The third-order valence-electron chi connectivity index (χ3n) is 3.40. The Hall–Kier alpha value is -0.730. The van der Waals surface area contributed by atoms with Crippen LogP contribution in [-0.4, -0.2) is 55.7 Å². The molecule has 5 heteroatoms. The molecule has 0 unspecified atom stereocenters. The Morgan fingerprint density at radius 1 is 1.35 bits per heavy atom. The standard InChI is InChI=1S/C12H17BrN2O2/c1-14-6-8-15(9-7-14)11(16)17-10-12(2-3-12)4-5-13/h2-3,6-10H2,1H3. The van der Waals surface area contributed by atoms with Crippen molar-refractivity contribution in [3.8, 4) is 10.8 Å². The van der Waals surface area contributed by atoms with Crippen molar-refractivity contribution in [3.05, 3.63) is 0 Å². The number of piperazine rings is 1. The normalized spacial score (nSPS) is 22.6. The summed E-state index contributed by atoms with van der Waals surface area (Å²) in [6.45, 7) is 3.78. The van der Waals surface area contributed by atoms with Gasteiger partial charge in [0.2, 0.25) is 0 Å². The highest BCUT2D eigenvalue weighted by atomic mass is 79.9. The molecule has 0 aromatic carbocycles. The van der Waals surface area contributed by atoms with E-state index in [0.29, 0.717) is 6.61 Å². The monoisotopic (exact) mass is 300 g/mol. The Morgan fingerprint density at radius 2 is 2.00 bits per heavy atom. The number of rotatable bonds is 2. The van der Waals surface area contributed by atoms with Crippen LogP contribution in [0.5, 0.6) is 0 Å². The van der Waals surface area contributed by atoms with Crippen LogP contribution in [0.15, 0.2) is 0 Å². The molecule has 2 rings (SSSR count). The molecule has 0 spiro atoms. The highest BCUT2D eigenvalue weighted by Crippen LogP contribution is 2.45. The van der Waals surface area contributed by atoms with Gasteiger partial charge in [-0.1, -0.05) is 5.92 Å². The third kappa shape index (κ3) is 3.36. The summed E-state index contributed by atoms with van der Waals surface area (Å²) >= 11 is 3.10. The van der Waals surface area contributed by atoms with Crippen LogP contribution < -0.4 is 0 Å². The molecule has 1 heterocycles. The summed E-state index contributed by atoms with van der Waals surface area (Å²) in [5.41, 5.74) is -0.0638. The van der Waals surface area contributed by atoms with Gasteiger partial charge in [0.1, 0.15) is 6.61 Å². The molecule has 1 aliphatic heterocycles. The molecule has 17 heavy (non-hydrogen) atoms. The Bertz CT molecular complexity index is 349. The Morgan fingerprint density at radius 3 is 2.53 bits per heavy atom. The summed E-state index contributed by atoms with van der Waals surface area (Å²) in [5.74, 6) is 3.06. The molecule has 2 fully saturated rings. The van der Waals surface area contributed by atoms with Gasteiger partial charge >= 0.3 is 6.09 Å². The topological polar surface area (TPSA) is 32.8 Å². The number of hydrogen-bond donors (Lipinski definition) is 0. The van der Waals surface area contributed by atoms with Crippen LogP contribution in [-0.2, 0) is 4.74 Å². The zero-order chi connectivity index (χ0) is 12.3. The first-order chi connectivity index (χ1) is 8.15. The largest absolute Gasteiger partial charge is 0.448 e. The minimum atomic E-state index is -0.194. The van der Waals surface area contributed by atoms with E-state index in [-0.39, 0.29) is 11.5 Å². The van der Waals surface area contributed by atoms with Crippen molar-refractivity contribution in [3.63, 3.8) is 0 Å². The molecule has 0 aromatic rings. The summed E-state index contributed by atoms with van der Waals surface area (Å²) in [7, 11) is 2.06. The second-order valence-corrected chi connectivity index (χ2v) is 5.24. The van der Waals surface area contributed by atoms with Crippen LogP contribution in [0.4, 0.5) is 4.79 Å². The van der Waals surface area contributed by atoms with Crippen LogP contribution in [0, 0.1) is 16.2 Å². The van der Waals surface area contributed by atoms with E-state index in [4.69, 9.17) is 4.74 Å². The lowest BCUT2D eigenvalue weighted by molar-refractivity contribution is 0.0733. The van der Waals surface area contributed by atoms with Crippen molar-refractivity contribution in [1.82, 2.24) is 9.80 Å². The highest BCUT2D eigenvalue weighted by molar-refractivity contribution is 9.12. The van der Waals surface area contributed by atoms with Crippen molar-refractivity contribution in [2.45, 2.75) is 12.8 Å². The van der Waals surface area contributed by atoms with E-state index >= 15 is 0 Å². The number of carbonyl (C=O) groups is 1. The molecule has 1 aliphatic carbocycles. The van der Waals surface area contributed by atoms with E-state index in [1.54, 1.807) is 4.90 Å². The summed E-state index contributed by atoms with van der Waals surface area (Å²) in [5, 5.41) is 0. The lowest BCUT2D eigenvalue weighted by atomic mass is 10.1. The first kappa shape index (κ1) is 12.7. The first-order valence-electron chi connectivity index (χ1n) is 5.88. The Kier molecular flexibility index (Phi) is 3.95. The van der Waals surface area contributed by atoms with E-state index in [1.807, 2.05) is 0 Å². The number of amides is 1. The average Bonchev–Trinajstić information content (AvgIpc) is 3.08. The quantitative estimate of drug-likeness (QED) is 0.725. The van der Waals surface area contributed by atoms with Crippen molar-refractivity contribution in [2.75, 3.05) is 39.8 Å². The molecule has 0 radical (unpaired) electrons. The highest BCUT2D eigenvalue weighted by Gasteiger charge is 2.43. The van der Waals surface area contributed by atoms with Gasteiger partial charge < -0.3 is 14.5 Å². The summed E-state index contributed by atoms with van der Waals surface area (Å²) in [4.78, 5) is 18.5. The lowest BCUT2D eigenvalue weighted by Crippen LogP contribution is -2.47. The summed E-state index contributed by atoms with van der Waals surface area (Å²) in [6.07, 6.45) is 1.87. The minimum absolute atomic E-state index is 0.0638. The average molecular weight is 301 g/mol. The number of carbonyl (C=O) groups excluding carboxylic acids is 1. The van der Waals surface area contributed by atoms with Crippen LogP contribution in [0.2, 0.25) is 0 Å². The van der Waals surface area contributed by atoms with E-state index in [2.05, 4.69) is 38.6 Å². The van der Waals surface area contributed by atoms with Crippen molar-refractivity contribution in [1.29, 1.82) is 0 Å². The fourth-order valence-corrected chi connectivity index (χ4v) is 2.26. The fourth-order valence-electron chi connectivity index (χ4n) is 1.84. The lowest BCUT2D eigenvalue weighted by Gasteiger charge is -2.31. The number of likely N-dealkylation sites (N-methyl/N-ethyl adjacent to an activating group) is 1. The van der Waals surface area contributed by atoms with Gasteiger partial charge in [-0.2, -0.15) is 0 Å². The molecule has 94 valence electrons. The van der Waals surface area contributed by atoms with Gasteiger partial charge in [-0.3, -0.25) is 0 Å². The predicted molar refractivity (Wildman–Crippen MR) is 68.8 cm³/mol. The molecule has 1 saturated heterocycles. The van der Waals surface area contributed by atoms with Gasteiger partial charge in [0.05, 0.1) is 5.41 Å². The second-order valence-electron chi connectivity index (χ2n) is 4.84. The van der Waals surface area contributed by atoms with Gasteiger partial charge in [-0.05, 0) is 24.7 Å². The van der Waals surface area contributed by atoms with Gasteiger partial charge in [0.15, 0.2) is 0 Å². The van der Waals surface area contributed by atoms with Crippen LogP contribution in [0.25, 0.3) is 0 Å². The third-order valence-corrected chi connectivity index (χ3v) is 3.60. The molecule has 0 atom stereocenters. The van der Waals surface area contributed by atoms with Gasteiger partial charge in [-0.15, -0.1) is 0 Å². The predicted octanol–water partition coefficient (Wildman–Crippen LogP) is 1.51. The number of nitrogens with zero attached hydrogens (tertiary/aromatic N) is 2. The van der Waals surface area contributed by atoms with Crippen molar-refractivity contribution < 1.29 is 9.53 Å². The summed E-state index contributed by atoms with van der Waals surface area (Å²) < 4.78 is 5.34. The van der Waals surface area contributed by atoms with E-state index in [0.717, 1.165) is 39.0 Å². The van der Waals surface area contributed by atoms with Crippen LogP contribution in [0.1, 0.15) is 12.8 Å². The van der Waals surface area contributed by atoms with Crippen LogP contribution >= 0.6 is 15.9 Å². The fraction of sp³-hybridized carbons (Fsp3) is 0.750. The maximum Gasteiger partial charge on any atom is 0.409 e. The zero-order valence-corrected chi connectivity index (χ0v) is 11.6.